The number of rotatable bonds is 15. The van der Waals surface area contributed by atoms with Gasteiger partial charge in [-0.15, -0.1) is 0 Å². The van der Waals surface area contributed by atoms with E-state index in [0.717, 1.165) is 0 Å². The second-order valence-electron chi connectivity index (χ2n) is 7.82. The summed E-state index contributed by atoms with van der Waals surface area (Å²) in [7, 11) is 0. The molecular weight excluding hydrogens is 410 g/mol. The number of carbonyl (C=O) groups is 5. The molecule has 0 bridgehead atoms. The lowest BCUT2D eigenvalue weighted by Crippen LogP contribution is -2.57. The molecule has 0 saturated heterocycles. The average molecular weight is 446 g/mol. The summed E-state index contributed by atoms with van der Waals surface area (Å²) in [5, 5.41) is 25.5. The summed E-state index contributed by atoms with van der Waals surface area (Å²) in [4.78, 5) is 59.7. The summed E-state index contributed by atoms with van der Waals surface area (Å²) in [5.41, 5.74) is 10.8. The number of aliphatic carboxylic acids is 2. The van der Waals surface area contributed by atoms with Crippen LogP contribution in [0.1, 0.15) is 52.9 Å². The van der Waals surface area contributed by atoms with E-state index < -0.39 is 60.2 Å². The Labute approximate surface area is 181 Å². The molecule has 0 radical (unpaired) electrons. The van der Waals surface area contributed by atoms with E-state index in [1.165, 1.54) is 6.92 Å². The number of carboxylic acids is 2. The number of hydrogen-bond acceptors (Lipinski definition) is 7. The molecule has 0 aliphatic carbocycles. The van der Waals surface area contributed by atoms with Crippen LogP contribution in [0.5, 0.6) is 0 Å². The third-order valence-electron chi connectivity index (χ3n) is 4.33. The van der Waals surface area contributed by atoms with Gasteiger partial charge in [-0.05, 0) is 45.1 Å². The molecule has 178 valence electrons. The van der Waals surface area contributed by atoms with Gasteiger partial charge in [-0.1, -0.05) is 13.8 Å². The molecule has 0 fully saturated rings. The van der Waals surface area contributed by atoms with Gasteiger partial charge in [0.05, 0.1) is 12.5 Å². The molecule has 0 rings (SSSR count). The van der Waals surface area contributed by atoms with Gasteiger partial charge in [0.15, 0.2) is 0 Å². The number of amides is 3. The van der Waals surface area contributed by atoms with Crippen LogP contribution in [0.3, 0.4) is 0 Å². The predicted octanol–water partition coefficient (Wildman–Crippen LogP) is -1.48. The zero-order chi connectivity index (χ0) is 24.1. The molecule has 0 heterocycles. The van der Waals surface area contributed by atoms with Crippen LogP contribution in [0.2, 0.25) is 0 Å². The largest absolute Gasteiger partial charge is 0.481 e. The van der Waals surface area contributed by atoms with Crippen LogP contribution in [0, 0.1) is 5.92 Å². The number of nitrogens with two attached hydrogens (primary N) is 2. The Balaban J connectivity index is 5.38. The van der Waals surface area contributed by atoms with Crippen LogP contribution in [-0.2, 0) is 24.0 Å². The Hall–Kier alpha value is -2.73. The van der Waals surface area contributed by atoms with Crippen molar-refractivity contribution in [1.29, 1.82) is 0 Å². The van der Waals surface area contributed by atoms with Crippen molar-refractivity contribution < 1.29 is 34.2 Å². The normalized spacial score (nSPS) is 14.8. The zero-order valence-electron chi connectivity index (χ0n) is 18.2. The minimum Gasteiger partial charge on any atom is -0.481 e. The van der Waals surface area contributed by atoms with Crippen molar-refractivity contribution in [3.63, 3.8) is 0 Å². The molecule has 0 aromatic rings. The highest BCUT2D eigenvalue weighted by Crippen LogP contribution is 2.08. The standard InChI is InChI=1S/C19H35N5O7/c1-10(2)8-13(17(28)22-12(19(30)31)6-4-5-7-20)24-18(29)14(9-15(25)26)23-16(27)11(3)21/h10-14H,4-9,20-21H2,1-3H3,(H,22,28)(H,23,27)(H,24,29)(H,25,26)(H,30,31). The number of carbonyl (C=O) groups excluding carboxylic acids is 3. The molecule has 12 heteroatoms. The van der Waals surface area contributed by atoms with E-state index in [2.05, 4.69) is 16.0 Å². The van der Waals surface area contributed by atoms with E-state index in [1.807, 2.05) is 0 Å². The second-order valence-corrected chi connectivity index (χ2v) is 7.82. The first-order chi connectivity index (χ1) is 14.4. The molecular formula is C19H35N5O7. The van der Waals surface area contributed by atoms with Gasteiger partial charge in [-0.2, -0.15) is 0 Å². The first-order valence-corrected chi connectivity index (χ1v) is 10.2. The van der Waals surface area contributed by atoms with Gasteiger partial charge in [-0.25, -0.2) is 4.79 Å². The summed E-state index contributed by atoms with van der Waals surface area (Å²) in [5.74, 6) is -4.92. The molecule has 0 aliphatic heterocycles. The maximum atomic E-state index is 12.7. The third kappa shape index (κ3) is 11.9. The Morgan fingerprint density at radius 2 is 1.32 bits per heavy atom. The molecule has 12 nitrogen and oxygen atoms in total. The van der Waals surface area contributed by atoms with E-state index in [9.17, 15) is 29.1 Å². The highest BCUT2D eigenvalue weighted by atomic mass is 16.4. The van der Waals surface area contributed by atoms with Crippen molar-refractivity contribution in [3.8, 4) is 0 Å². The van der Waals surface area contributed by atoms with Crippen molar-refractivity contribution in [2.75, 3.05) is 6.54 Å². The van der Waals surface area contributed by atoms with Crippen LogP contribution in [-0.4, -0.2) is 70.6 Å². The molecule has 9 N–H and O–H groups in total. The van der Waals surface area contributed by atoms with E-state index in [-0.39, 0.29) is 18.8 Å². The molecule has 0 aliphatic rings. The minimum absolute atomic E-state index is 0.0480. The quantitative estimate of drug-likeness (QED) is 0.146. The molecule has 3 amide bonds. The fourth-order valence-corrected chi connectivity index (χ4v) is 2.68. The summed E-state index contributed by atoms with van der Waals surface area (Å²) in [6.07, 6.45) is 0.735. The maximum Gasteiger partial charge on any atom is 0.326 e. The van der Waals surface area contributed by atoms with Crippen LogP contribution in [0.4, 0.5) is 0 Å². The van der Waals surface area contributed by atoms with E-state index >= 15 is 0 Å². The van der Waals surface area contributed by atoms with Crippen LogP contribution in [0.15, 0.2) is 0 Å². The van der Waals surface area contributed by atoms with Crippen LogP contribution >= 0.6 is 0 Å². The van der Waals surface area contributed by atoms with E-state index in [4.69, 9.17) is 16.6 Å². The van der Waals surface area contributed by atoms with Crippen molar-refractivity contribution in [2.24, 2.45) is 17.4 Å². The van der Waals surface area contributed by atoms with Gasteiger partial charge in [0.25, 0.3) is 0 Å². The molecule has 0 aromatic heterocycles. The summed E-state index contributed by atoms with van der Waals surface area (Å²) in [6, 6.07) is -4.69. The number of hydrogen-bond donors (Lipinski definition) is 7. The van der Waals surface area contributed by atoms with Gasteiger partial charge in [0.2, 0.25) is 17.7 Å². The second kappa shape index (κ2) is 14.3. The van der Waals surface area contributed by atoms with E-state index in [1.54, 1.807) is 13.8 Å². The fraction of sp³-hybridized carbons (Fsp3) is 0.737. The fourth-order valence-electron chi connectivity index (χ4n) is 2.68. The van der Waals surface area contributed by atoms with Crippen molar-refractivity contribution in [1.82, 2.24) is 16.0 Å². The highest BCUT2D eigenvalue weighted by molar-refractivity contribution is 5.95. The van der Waals surface area contributed by atoms with Gasteiger partial charge in [0, 0.05) is 0 Å². The van der Waals surface area contributed by atoms with Crippen LogP contribution < -0.4 is 27.4 Å². The van der Waals surface area contributed by atoms with Crippen molar-refractivity contribution in [3.05, 3.63) is 0 Å². The first-order valence-electron chi connectivity index (χ1n) is 10.2. The highest BCUT2D eigenvalue weighted by Gasteiger charge is 2.31. The summed E-state index contributed by atoms with van der Waals surface area (Å²) in [6.45, 7) is 5.37. The topological polar surface area (TPSA) is 214 Å². The zero-order valence-corrected chi connectivity index (χ0v) is 18.2. The monoisotopic (exact) mass is 445 g/mol. The van der Waals surface area contributed by atoms with Gasteiger partial charge in [0.1, 0.15) is 18.1 Å². The van der Waals surface area contributed by atoms with Gasteiger partial charge in [-0.3, -0.25) is 19.2 Å². The number of unbranched alkanes of at least 4 members (excludes halogenated alkanes) is 1. The Bertz CT molecular complexity index is 639. The van der Waals surface area contributed by atoms with Gasteiger partial charge < -0.3 is 37.6 Å². The lowest BCUT2D eigenvalue weighted by molar-refractivity contribution is -0.143. The summed E-state index contributed by atoms with van der Waals surface area (Å²) >= 11 is 0. The summed E-state index contributed by atoms with van der Waals surface area (Å²) < 4.78 is 0. The maximum absolute atomic E-state index is 12.7. The van der Waals surface area contributed by atoms with Crippen LogP contribution in [0.25, 0.3) is 0 Å². The van der Waals surface area contributed by atoms with Gasteiger partial charge >= 0.3 is 11.9 Å². The minimum atomic E-state index is -1.45. The smallest absolute Gasteiger partial charge is 0.326 e. The Morgan fingerprint density at radius 1 is 0.806 bits per heavy atom. The predicted molar refractivity (Wildman–Crippen MR) is 112 cm³/mol. The molecule has 0 spiro atoms. The third-order valence-corrected chi connectivity index (χ3v) is 4.33. The molecule has 4 atom stereocenters. The van der Waals surface area contributed by atoms with Crippen molar-refractivity contribution in [2.45, 2.75) is 77.0 Å². The van der Waals surface area contributed by atoms with E-state index in [0.29, 0.717) is 19.4 Å². The average Bonchev–Trinajstić information content (AvgIpc) is 2.64. The van der Waals surface area contributed by atoms with Crippen molar-refractivity contribution >= 4 is 29.7 Å². The Morgan fingerprint density at radius 3 is 1.77 bits per heavy atom. The lowest BCUT2D eigenvalue weighted by atomic mass is 10.0. The lowest BCUT2D eigenvalue weighted by Gasteiger charge is -2.25. The Kier molecular flexibility index (Phi) is 13.0. The first kappa shape index (κ1) is 28.3. The molecule has 31 heavy (non-hydrogen) atoms. The SMILES string of the molecule is CC(C)CC(NC(=O)C(CC(=O)O)NC(=O)C(C)N)C(=O)NC(CCCCN)C(=O)O. The molecule has 4 unspecified atom stereocenters. The molecule has 0 aromatic carbocycles. The number of nitrogens with one attached hydrogen (secondary N) is 3. The number of carboxylic acid groups (broad SMARTS) is 2. The molecule has 0 saturated carbocycles.